The number of amides is 1. The molecule has 0 spiro atoms. The fourth-order valence-corrected chi connectivity index (χ4v) is 1.65. The molecule has 1 aliphatic rings. The van der Waals surface area contributed by atoms with Crippen molar-refractivity contribution >= 4 is 5.91 Å². The molecule has 104 valence electrons. The molecule has 19 heavy (non-hydrogen) atoms. The fraction of sp³-hybridized carbons (Fsp3) is 0.462. The van der Waals surface area contributed by atoms with Crippen LogP contribution in [0.3, 0.4) is 0 Å². The molecule has 1 aliphatic heterocycles. The van der Waals surface area contributed by atoms with E-state index in [1.807, 2.05) is 19.2 Å². The number of carbonyl (C=O) groups excluding carboxylic acids is 1. The SMILES string of the molecule is CNCCC(=O)NCCOc1ccc2c(c1)OCO2. The third-order valence-electron chi connectivity index (χ3n) is 2.64. The maximum absolute atomic E-state index is 11.3. The van der Waals surface area contributed by atoms with Gasteiger partial charge in [-0.15, -0.1) is 0 Å². The number of fused-ring (bicyclic) bond motifs is 1. The quantitative estimate of drug-likeness (QED) is 0.704. The van der Waals surface area contributed by atoms with Crippen molar-refractivity contribution in [3.63, 3.8) is 0 Å². The van der Waals surface area contributed by atoms with Gasteiger partial charge in [0.25, 0.3) is 0 Å². The lowest BCUT2D eigenvalue weighted by Gasteiger charge is -2.08. The van der Waals surface area contributed by atoms with Gasteiger partial charge in [0.05, 0.1) is 6.54 Å². The molecule has 6 nitrogen and oxygen atoms in total. The zero-order valence-electron chi connectivity index (χ0n) is 10.9. The maximum atomic E-state index is 11.3. The van der Waals surface area contributed by atoms with Crippen LogP contribution in [0.15, 0.2) is 18.2 Å². The lowest BCUT2D eigenvalue weighted by molar-refractivity contribution is -0.121. The average Bonchev–Trinajstić information content (AvgIpc) is 2.88. The Kier molecular flexibility index (Phi) is 4.85. The lowest BCUT2D eigenvalue weighted by atomic mass is 10.3. The van der Waals surface area contributed by atoms with E-state index in [9.17, 15) is 4.79 Å². The van der Waals surface area contributed by atoms with E-state index >= 15 is 0 Å². The van der Waals surface area contributed by atoms with E-state index in [-0.39, 0.29) is 12.7 Å². The van der Waals surface area contributed by atoms with Crippen molar-refractivity contribution in [3.8, 4) is 17.2 Å². The minimum atomic E-state index is 0.0173. The zero-order valence-corrected chi connectivity index (χ0v) is 10.9. The summed E-state index contributed by atoms with van der Waals surface area (Å²) in [4.78, 5) is 11.3. The largest absolute Gasteiger partial charge is 0.492 e. The van der Waals surface area contributed by atoms with Crippen LogP contribution in [-0.4, -0.2) is 39.4 Å². The second kappa shape index (κ2) is 6.84. The van der Waals surface area contributed by atoms with Crippen molar-refractivity contribution in [3.05, 3.63) is 18.2 Å². The van der Waals surface area contributed by atoms with Gasteiger partial charge in [-0.25, -0.2) is 0 Å². The van der Waals surface area contributed by atoms with Crippen molar-refractivity contribution in [2.75, 3.05) is 33.5 Å². The number of benzene rings is 1. The summed E-state index contributed by atoms with van der Waals surface area (Å²) < 4.78 is 16.0. The molecule has 6 heteroatoms. The molecule has 0 saturated carbocycles. The summed E-state index contributed by atoms with van der Waals surface area (Å²) in [6.07, 6.45) is 0.473. The molecular weight excluding hydrogens is 248 g/mol. The van der Waals surface area contributed by atoms with E-state index in [4.69, 9.17) is 14.2 Å². The third kappa shape index (κ3) is 4.03. The number of carbonyl (C=O) groups is 1. The van der Waals surface area contributed by atoms with Gasteiger partial charge in [-0.2, -0.15) is 0 Å². The van der Waals surface area contributed by atoms with Gasteiger partial charge in [-0.05, 0) is 19.2 Å². The van der Waals surface area contributed by atoms with E-state index in [2.05, 4.69) is 10.6 Å². The average molecular weight is 266 g/mol. The molecule has 1 amide bonds. The summed E-state index contributed by atoms with van der Waals surface area (Å²) in [5.74, 6) is 2.14. The van der Waals surface area contributed by atoms with E-state index in [0.29, 0.717) is 37.6 Å². The smallest absolute Gasteiger partial charge is 0.231 e. The molecule has 0 bridgehead atoms. The van der Waals surface area contributed by atoms with Gasteiger partial charge in [0.1, 0.15) is 12.4 Å². The van der Waals surface area contributed by atoms with E-state index in [0.717, 1.165) is 5.75 Å². The Labute approximate surface area is 112 Å². The van der Waals surface area contributed by atoms with Crippen molar-refractivity contribution in [2.24, 2.45) is 0 Å². The summed E-state index contributed by atoms with van der Waals surface area (Å²) in [6.45, 7) is 1.83. The monoisotopic (exact) mass is 266 g/mol. The first-order chi connectivity index (χ1) is 9.29. The summed E-state index contributed by atoms with van der Waals surface area (Å²) in [6, 6.07) is 5.41. The van der Waals surface area contributed by atoms with Gasteiger partial charge < -0.3 is 24.8 Å². The van der Waals surface area contributed by atoms with Crippen LogP contribution < -0.4 is 24.8 Å². The first-order valence-electron chi connectivity index (χ1n) is 6.23. The van der Waals surface area contributed by atoms with Crippen LogP contribution in [0.4, 0.5) is 0 Å². The van der Waals surface area contributed by atoms with Crippen LogP contribution in [0.5, 0.6) is 17.2 Å². The molecule has 0 saturated heterocycles. The van der Waals surface area contributed by atoms with Crippen LogP contribution in [0.2, 0.25) is 0 Å². The Balaban J connectivity index is 1.67. The Hall–Kier alpha value is -1.95. The van der Waals surface area contributed by atoms with Gasteiger partial charge >= 0.3 is 0 Å². The predicted octanol–water partition coefficient (Wildman–Crippen LogP) is 0.520. The number of hydrogen-bond acceptors (Lipinski definition) is 5. The van der Waals surface area contributed by atoms with Crippen molar-refractivity contribution < 1.29 is 19.0 Å². The number of rotatable bonds is 7. The highest BCUT2D eigenvalue weighted by atomic mass is 16.7. The molecule has 2 rings (SSSR count). The number of nitrogens with one attached hydrogen (secondary N) is 2. The normalized spacial score (nSPS) is 12.3. The van der Waals surface area contributed by atoms with E-state index in [1.165, 1.54) is 0 Å². The number of hydrogen-bond donors (Lipinski definition) is 2. The zero-order chi connectivity index (χ0) is 13.5. The van der Waals surface area contributed by atoms with Gasteiger partial charge in [0, 0.05) is 19.0 Å². The van der Waals surface area contributed by atoms with Gasteiger partial charge in [-0.3, -0.25) is 4.79 Å². The molecule has 0 atom stereocenters. The van der Waals surface area contributed by atoms with Crippen molar-refractivity contribution in [1.82, 2.24) is 10.6 Å². The Morgan fingerprint density at radius 3 is 3.00 bits per heavy atom. The second-order valence-electron chi connectivity index (χ2n) is 4.07. The van der Waals surface area contributed by atoms with Crippen LogP contribution in [-0.2, 0) is 4.79 Å². The minimum Gasteiger partial charge on any atom is -0.492 e. The second-order valence-corrected chi connectivity index (χ2v) is 4.07. The summed E-state index contributed by atoms with van der Waals surface area (Å²) >= 11 is 0. The fourth-order valence-electron chi connectivity index (χ4n) is 1.65. The number of ether oxygens (including phenoxy) is 3. The molecule has 1 heterocycles. The van der Waals surface area contributed by atoms with Crippen LogP contribution in [0, 0.1) is 0 Å². The van der Waals surface area contributed by atoms with Crippen molar-refractivity contribution in [2.45, 2.75) is 6.42 Å². The maximum Gasteiger partial charge on any atom is 0.231 e. The molecule has 0 unspecified atom stereocenters. The van der Waals surface area contributed by atoms with Crippen molar-refractivity contribution in [1.29, 1.82) is 0 Å². The molecule has 1 aromatic carbocycles. The molecule has 0 radical (unpaired) electrons. The highest BCUT2D eigenvalue weighted by Crippen LogP contribution is 2.34. The summed E-state index contributed by atoms with van der Waals surface area (Å²) in [5.41, 5.74) is 0. The van der Waals surface area contributed by atoms with Crippen LogP contribution >= 0.6 is 0 Å². The molecule has 1 aromatic rings. The topological polar surface area (TPSA) is 68.8 Å². The van der Waals surface area contributed by atoms with Crippen LogP contribution in [0.25, 0.3) is 0 Å². The summed E-state index contributed by atoms with van der Waals surface area (Å²) in [7, 11) is 1.82. The Morgan fingerprint density at radius 1 is 1.32 bits per heavy atom. The Morgan fingerprint density at radius 2 is 2.16 bits per heavy atom. The molecule has 0 aliphatic carbocycles. The molecule has 2 N–H and O–H groups in total. The van der Waals surface area contributed by atoms with Gasteiger partial charge in [-0.1, -0.05) is 0 Å². The molecular formula is C13H18N2O4. The first-order valence-corrected chi connectivity index (χ1v) is 6.23. The van der Waals surface area contributed by atoms with Gasteiger partial charge in [0.2, 0.25) is 12.7 Å². The van der Waals surface area contributed by atoms with Crippen LogP contribution in [0.1, 0.15) is 6.42 Å². The third-order valence-corrected chi connectivity index (χ3v) is 2.64. The van der Waals surface area contributed by atoms with E-state index < -0.39 is 0 Å². The highest BCUT2D eigenvalue weighted by molar-refractivity contribution is 5.76. The van der Waals surface area contributed by atoms with E-state index in [1.54, 1.807) is 6.07 Å². The minimum absolute atomic E-state index is 0.0173. The first kappa shape index (κ1) is 13.5. The predicted molar refractivity (Wildman–Crippen MR) is 69.6 cm³/mol. The standard InChI is InChI=1S/C13H18N2O4/c1-14-5-4-13(16)15-6-7-17-10-2-3-11-12(8-10)19-9-18-11/h2-3,8,14H,4-7,9H2,1H3,(H,15,16). The Bertz CT molecular complexity index is 437. The molecule has 0 fully saturated rings. The summed E-state index contributed by atoms with van der Waals surface area (Å²) in [5, 5.41) is 5.70. The molecule has 0 aromatic heterocycles. The lowest BCUT2D eigenvalue weighted by Crippen LogP contribution is -2.30. The van der Waals surface area contributed by atoms with Gasteiger partial charge in [0.15, 0.2) is 11.5 Å². The highest BCUT2D eigenvalue weighted by Gasteiger charge is 2.13.